The van der Waals surface area contributed by atoms with Crippen molar-refractivity contribution < 1.29 is 9.35 Å². The lowest BCUT2D eigenvalue weighted by molar-refractivity contribution is -0.113. The molecule has 0 radical (unpaired) electrons. The maximum atomic E-state index is 12.4. The number of allylic oxidation sites excluding steroid dienone is 1. The van der Waals surface area contributed by atoms with Gasteiger partial charge in [0, 0.05) is 17.0 Å². The van der Waals surface area contributed by atoms with E-state index in [9.17, 15) is 9.35 Å². The average molecular weight is 364 g/mol. The van der Waals surface area contributed by atoms with Gasteiger partial charge in [-0.2, -0.15) is 0 Å². The molecule has 1 aromatic rings. The molecule has 0 saturated heterocycles. The molecule has 1 amide bonds. The third kappa shape index (κ3) is 3.19. The van der Waals surface area contributed by atoms with Crippen LogP contribution in [0.5, 0.6) is 0 Å². The van der Waals surface area contributed by atoms with Crippen LogP contribution in [0.1, 0.15) is 56.7 Å². The van der Waals surface area contributed by atoms with E-state index in [1.807, 2.05) is 13.0 Å². The first kappa shape index (κ1) is 17.7. The number of nitrogens with zero attached hydrogens (tertiary/aromatic N) is 1. The molecule has 0 saturated carbocycles. The topological polar surface area (TPSA) is 52.5 Å². The molecule has 0 bridgehead atoms. The van der Waals surface area contributed by atoms with Gasteiger partial charge in [-0.05, 0) is 59.1 Å². The van der Waals surface area contributed by atoms with E-state index in [1.54, 1.807) is 0 Å². The summed E-state index contributed by atoms with van der Waals surface area (Å²) in [5, 5.41) is 0.699. The number of amides is 1. The summed E-state index contributed by atoms with van der Waals surface area (Å²) in [4.78, 5) is 17.1. The van der Waals surface area contributed by atoms with Crippen LogP contribution in [-0.2, 0) is 21.4 Å². The Bertz CT molecular complexity index is 774. The minimum atomic E-state index is -1.19. The number of dihydropyridines is 1. The SMILES string of the molecule is Cc1cc(C(C)(C)C)c(Cl)cc1C1=NC(=O)C2=C(CCC[S+]2[O-])C1. The van der Waals surface area contributed by atoms with Crippen LogP contribution in [0.4, 0.5) is 0 Å². The molecule has 1 aromatic carbocycles. The van der Waals surface area contributed by atoms with E-state index in [4.69, 9.17) is 11.6 Å². The van der Waals surface area contributed by atoms with Crippen molar-refractivity contribution in [1.29, 1.82) is 0 Å². The number of benzene rings is 1. The summed E-state index contributed by atoms with van der Waals surface area (Å²) < 4.78 is 12.1. The standard InChI is InChI=1S/C19H22ClNO2S/c1-11-8-14(19(2,3)4)15(20)10-13(11)16-9-12-6-5-7-24(23)17(12)18(22)21-16/h8,10H,5-7,9H2,1-4H3. The van der Waals surface area contributed by atoms with Gasteiger partial charge in [-0.3, -0.25) is 4.79 Å². The van der Waals surface area contributed by atoms with E-state index >= 15 is 0 Å². The normalized spacial score (nSPS) is 21.7. The van der Waals surface area contributed by atoms with Crippen molar-refractivity contribution in [3.05, 3.63) is 44.3 Å². The molecule has 3 rings (SSSR count). The van der Waals surface area contributed by atoms with Crippen LogP contribution < -0.4 is 0 Å². The number of halogens is 1. The number of carbonyl (C=O) groups excluding carboxylic acids is 1. The molecule has 0 spiro atoms. The van der Waals surface area contributed by atoms with Crippen LogP contribution in [0.15, 0.2) is 27.6 Å². The molecule has 5 heteroatoms. The Hall–Kier alpha value is -1.10. The third-order valence-electron chi connectivity index (χ3n) is 4.60. The number of aliphatic imine (C=N–C) groups is 1. The largest absolute Gasteiger partial charge is 0.611 e. The summed E-state index contributed by atoms with van der Waals surface area (Å²) in [6.07, 6.45) is 2.30. The summed E-state index contributed by atoms with van der Waals surface area (Å²) in [6, 6.07) is 4.02. The molecule has 2 heterocycles. The first-order chi connectivity index (χ1) is 11.2. The predicted octanol–water partition coefficient (Wildman–Crippen LogP) is 4.46. The second-order valence-electron chi connectivity index (χ2n) is 7.52. The van der Waals surface area contributed by atoms with E-state index in [1.165, 1.54) is 0 Å². The average Bonchev–Trinajstić information content (AvgIpc) is 2.47. The Morgan fingerprint density at radius 2 is 2.00 bits per heavy atom. The van der Waals surface area contributed by atoms with Gasteiger partial charge >= 0.3 is 5.91 Å². The van der Waals surface area contributed by atoms with Crippen LogP contribution in [0, 0.1) is 6.92 Å². The maximum Gasteiger partial charge on any atom is 0.325 e. The molecule has 24 heavy (non-hydrogen) atoms. The van der Waals surface area contributed by atoms with Crippen LogP contribution in [-0.4, -0.2) is 21.9 Å². The Balaban J connectivity index is 2.01. The van der Waals surface area contributed by atoms with E-state index in [-0.39, 0.29) is 11.3 Å². The summed E-state index contributed by atoms with van der Waals surface area (Å²) in [5.41, 5.74) is 4.77. The second kappa shape index (κ2) is 6.32. The molecular formula is C19H22ClNO2S. The van der Waals surface area contributed by atoms with Crippen LogP contribution in [0.3, 0.4) is 0 Å². The Morgan fingerprint density at radius 1 is 1.29 bits per heavy atom. The highest BCUT2D eigenvalue weighted by Gasteiger charge is 2.35. The van der Waals surface area contributed by atoms with Crippen LogP contribution in [0.2, 0.25) is 5.02 Å². The molecule has 1 unspecified atom stereocenters. The Morgan fingerprint density at radius 3 is 2.67 bits per heavy atom. The Kier molecular flexibility index (Phi) is 4.67. The number of hydrogen-bond donors (Lipinski definition) is 0. The Labute approximate surface area is 151 Å². The fourth-order valence-electron chi connectivity index (χ4n) is 3.35. The van der Waals surface area contributed by atoms with Gasteiger partial charge in [0.05, 0.1) is 5.71 Å². The quantitative estimate of drug-likeness (QED) is 0.691. The zero-order valence-electron chi connectivity index (χ0n) is 14.5. The second-order valence-corrected chi connectivity index (χ2v) is 9.44. The minimum Gasteiger partial charge on any atom is -0.611 e. The smallest absolute Gasteiger partial charge is 0.325 e. The highest BCUT2D eigenvalue weighted by Crippen LogP contribution is 2.36. The fraction of sp³-hybridized carbons (Fsp3) is 0.474. The van der Waals surface area contributed by atoms with Crippen molar-refractivity contribution in [2.75, 3.05) is 5.75 Å². The van der Waals surface area contributed by atoms with Crippen molar-refractivity contribution in [2.24, 2.45) is 4.99 Å². The molecule has 2 aliphatic rings. The zero-order valence-corrected chi connectivity index (χ0v) is 16.1. The highest BCUT2D eigenvalue weighted by molar-refractivity contribution is 7.96. The molecule has 128 valence electrons. The minimum absolute atomic E-state index is 0.0411. The maximum absolute atomic E-state index is 12.4. The lowest BCUT2D eigenvalue weighted by Gasteiger charge is -2.26. The number of carbonyl (C=O) groups is 1. The lowest BCUT2D eigenvalue weighted by atomic mass is 9.84. The zero-order chi connectivity index (χ0) is 17.6. The molecular weight excluding hydrogens is 342 g/mol. The molecule has 2 aliphatic heterocycles. The highest BCUT2D eigenvalue weighted by atomic mass is 35.5. The predicted molar refractivity (Wildman–Crippen MR) is 100 cm³/mol. The number of rotatable bonds is 1. The molecule has 0 aliphatic carbocycles. The van der Waals surface area contributed by atoms with E-state index in [0.29, 0.717) is 22.1 Å². The first-order valence-electron chi connectivity index (χ1n) is 8.22. The van der Waals surface area contributed by atoms with Gasteiger partial charge in [0.15, 0.2) is 0 Å². The fourth-order valence-corrected chi connectivity index (χ4v) is 5.14. The summed E-state index contributed by atoms with van der Waals surface area (Å²) >= 11 is 5.32. The molecule has 1 atom stereocenters. The van der Waals surface area contributed by atoms with Crippen LogP contribution in [0.25, 0.3) is 0 Å². The molecule has 3 nitrogen and oxygen atoms in total. The monoisotopic (exact) mass is 363 g/mol. The van der Waals surface area contributed by atoms with Crippen molar-refractivity contribution >= 4 is 34.4 Å². The van der Waals surface area contributed by atoms with E-state index in [0.717, 1.165) is 40.8 Å². The van der Waals surface area contributed by atoms with Gasteiger partial charge in [0.1, 0.15) is 5.75 Å². The van der Waals surface area contributed by atoms with Gasteiger partial charge in [0.2, 0.25) is 4.91 Å². The lowest BCUT2D eigenvalue weighted by Crippen LogP contribution is -2.27. The van der Waals surface area contributed by atoms with Crippen LogP contribution >= 0.6 is 11.6 Å². The van der Waals surface area contributed by atoms with E-state index < -0.39 is 11.2 Å². The van der Waals surface area contributed by atoms with Gasteiger partial charge in [-0.1, -0.05) is 38.4 Å². The third-order valence-corrected chi connectivity index (χ3v) is 6.49. The molecule has 0 aromatic heterocycles. The molecule has 0 fully saturated rings. The molecule has 0 N–H and O–H groups in total. The van der Waals surface area contributed by atoms with E-state index in [2.05, 4.69) is 31.8 Å². The summed E-state index contributed by atoms with van der Waals surface area (Å²) in [7, 11) is 0. The summed E-state index contributed by atoms with van der Waals surface area (Å²) in [5.74, 6) is 0.236. The van der Waals surface area contributed by atoms with Crippen molar-refractivity contribution in [3.8, 4) is 0 Å². The number of aryl methyl sites for hydroxylation is 1. The first-order valence-corrected chi connectivity index (χ1v) is 9.91. The van der Waals surface area contributed by atoms with Crippen molar-refractivity contribution in [1.82, 2.24) is 0 Å². The van der Waals surface area contributed by atoms with Gasteiger partial charge < -0.3 is 4.55 Å². The number of hydrogen-bond acceptors (Lipinski definition) is 2. The summed E-state index contributed by atoms with van der Waals surface area (Å²) in [6.45, 7) is 8.41. The van der Waals surface area contributed by atoms with Gasteiger partial charge in [-0.25, -0.2) is 4.99 Å². The van der Waals surface area contributed by atoms with Gasteiger partial charge in [0.25, 0.3) is 0 Å². The van der Waals surface area contributed by atoms with Gasteiger partial charge in [-0.15, -0.1) is 0 Å². The van der Waals surface area contributed by atoms with Crippen molar-refractivity contribution in [2.45, 2.75) is 52.4 Å². The van der Waals surface area contributed by atoms with Crippen molar-refractivity contribution in [3.63, 3.8) is 0 Å².